The molecule has 1 aliphatic carbocycles. The van der Waals surface area contributed by atoms with Crippen LogP contribution >= 0.6 is 0 Å². The van der Waals surface area contributed by atoms with Gasteiger partial charge in [0, 0.05) is 34.9 Å². The highest BCUT2D eigenvalue weighted by Crippen LogP contribution is 2.47. The molecular weight excluding hydrogens is 571 g/mol. The number of fused-ring (bicyclic) bond motifs is 4. The highest BCUT2D eigenvalue weighted by Gasteiger charge is 2.44. The number of hydrogen-bond donors (Lipinski definition) is 0. The van der Waals surface area contributed by atoms with Crippen LogP contribution in [-0.4, -0.2) is 6.71 Å². The van der Waals surface area contributed by atoms with Gasteiger partial charge in [0.1, 0.15) is 23.3 Å². The molecule has 45 heavy (non-hydrogen) atoms. The van der Waals surface area contributed by atoms with Crippen molar-refractivity contribution >= 4 is 57.2 Å². The van der Waals surface area contributed by atoms with E-state index in [1.165, 1.54) is 30.7 Å². The number of nitrogens with zero attached hydrogens (tertiary/aromatic N) is 2. The predicted octanol–water partition coefficient (Wildman–Crippen LogP) is 8.99. The topological polar surface area (TPSA) is 6.48 Å². The first kappa shape index (κ1) is 28.0. The largest absolute Gasteiger partial charge is 0.311 e. The quantitative estimate of drug-likeness (QED) is 0.147. The first-order valence-corrected chi connectivity index (χ1v) is 15.7. The standard InChI is InChI=1S/C38H31BF4N2/c1-22-8-10-34-32(12-22)39-33-13-23(2)9-11-35(33)45(31-20-28(42)17-29(43)21-31)37-15-25(24-6-4-3-5-7-24)14-36(38(37)39)44(34)30-18-26(40)16-27(41)19-30/h8-21,24H,3-7H2,1-2H3. The van der Waals surface area contributed by atoms with Gasteiger partial charge in [0.25, 0.3) is 6.71 Å². The minimum atomic E-state index is -0.657. The summed E-state index contributed by atoms with van der Waals surface area (Å²) in [5.41, 5.74) is 10.3. The van der Waals surface area contributed by atoms with E-state index in [1.54, 1.807) is 0 Å². The molecule has 3 aliphatic rings. The van der Waals surface area contributed by atoms with Crippen molar-refractivity contribution in [2.24, 2.45) is 0 Å². The van der Waals surface area contributed by atoms with Crippen LogP contribution in [0.2, 0.25) is 0 Å². The minimum absolute atomic E-state index is 0.204. The van der Waals surface area contributed by atoms with E-state index in [9.17, 15) is 17.6 Å². The molecule has 2 nitrogen and oxygen atoms in total. The first-order chi connectivity index (χ1) is 21.7. The Kier molecular flexibility index (Phi) is 6.56. The van der Waals surface area contributed by atoms with Crippen LogP contribution in [0.4, 0.5) is 51.7 Å². The summed E-state index contributed by atoms with van der Waals surface area (Å²) >= 11 is 0. The Hall–Kier alpha value is -4.52. The predicted molar refractivity (Wildman–Crippen MR) is 176 cm³/mol. The van der Waals surface area contributed by atoms with Gasteiger partial charge in [-0.2, -0.15) is 0 Å². The van der Waals surface area contributed by atoms with Crippen LogP contribution in [-0.2, 0) is 0 Å². The van der Waals surface area contributed by atoms with Gasteiger partial charge in [0.15, 0.2) is 0 Å². The van der Waals surface area contributed by atoms with Crippen molar-refractivity contribution in [2.75, 3.05) is 9.80 Å². The van der Waals surface area contributed by atoms with Gasteiger partial charge in [0.2, 0.25) is 0 Å². The third kappa shape index (κ3) is 4.63. The molecule has 5 aromatic rings. The van der Waals surface area contributed by atoms with Crippen LogP contribution < -0.4 is 26.2 Å². The van der Waals surface area contributed by atoms with Crippen molar-refractivity contribution in [1.82, 2.24) is 0 Å². The summed E-state index contributed by atoms with van der Waals surface area (Å²) in [6.45, 7) is 3.87. The molecule has 0 atom stereocenters. The summed E-state index contributed by atoms with van der Waals surface area (Å²) < 4.78 is 59.4. The van der Waals surface area contributed by atoms with E-state index in [0.29, 0.717) is 17.3 Å². The number of rotatable bonds is 3. The number of anilines is 6. The lowest BCUT2D eigenvalue weighted by Crippen LogP contribution is -2.61. The van der Waals surface area contributed by atoms with Crippen LogP contribution in [0.5, 0.6) is 0 Å². The smallest absolute Gasteiger partial charge is 0.252 e. The van der Waals surface area contributed by atoms with Crippen molar-refractivity contribution in [1.29, 1.82) is 0 Å². The highest BCUT2D eigenvalue weighted by molar-refractivity contribution is 7.00. The Labute approximate surface area is 261 Å². The molecule has 1 fully saturated rings. The molecule has 5 aromatic carbocycles. The van der Waals surface area contributed by atoms with Crippen LogP contribution in [0.25, 0.3) is 0 Å². The lowest BCUT2D eigenvalue weighted by molar-refractivity contribution is 0.444. The Morgan fingerprint density at radius 3 is 1.42 bits per heavy atom. The molecule has 8 rings (SSSR count). The van der Waals surface area contributed by atoms with Gasteiger partial charge in [-0.3, -0.25) is 0 Å². The Balaban J connectivity index is 1.50. The second kappa shape index (κ2) is 10.5. The molecule has 0 aromatic heterocycles. The molecule has 0 saturated heterocycles. The zero-order chi connectivity index (χ0) is 31.0. The van der Waals surface area contributed by atoms with Gasteiger partial charge in [-0.25, -0.2) is 17.6 Å². The van der Waals surface area contributed by atoms with Crippen LogP contribution in [0.1, 0.15) is 54.7 Å². The number of aryl methyl sites for hydroxylation is 2. The summed E-state index contributed by atoms with van der Waals surface area (Å²) in [5.74, 6) is -2.33. The lowest BCUT2D eigenvalue weighted by atomic mass is 9.33. The molecule has 224 valence electrons. The monoisotopic (exact) mass is 602 g/mol. The van der Waals surface area contributed by atoms with E-state index in [1.807, 2.05) is 47.9 Å². The SMILES string of the molecule is Cc1ccc2c(c1)B1c3cc(C)ccc3N(c3cc(F)cc(F)c3)c3cc(C4CCCCC4)cc(c31)N2c1cc(F)cc(F)c1. The Bertz CT molecular complexity index is 1830. The maximum Gasteiger partial charge on any atom is 0.252 e. The van der Waals surface area contributed by atoms with E-state index in [-0.39, 0.29) is 6.71 Å². The Morgan fingerprint density at radius 1 is 0.533 bits per heavy atom. The zero-order valence-corrected chi connectivity index (χ0v) is 25.2. The molecule has 0 bridgehead atoms. The molecule has 1 saturated carbocycles. The molecule has 0 spiro atoms. The zero-order valence-electron chi connectivity index (χ0n) is 25.2. The molecule has 7 heteroatoms. The number of hydrogen-bond acceptors (Lipinski definition) is 2. The average Bonchev–Trinajstić information content (AvgIpc) is 3.00. The molecule has 0 amide bonds. The maximum atomic E-state index is 14.9. The van der Waals surface area contributed by atoms with E-state index in [2.05, 4.69) is 24.3 Å². The van der Waals surface area contributed by atoms with Gasteiger partial charge in [-0.15, -0.1) is 0 Å². The summed E-state index contributed by atoms with van der Waals surface area (Å²) in [4.78, 5) is 3.93. The molecule has 2 heterocycles. The van der Waals surface area contributed by atoms with E-state index in [0.717, 1.165) is 93.6 Å². The molecule has 0 unspecified atom stereocenters. The fourth-order valence-electron chi connectivity index (χ4n) is 7.83. The molecule has 2 aliphatic heterocycles. The van der Waals surface area contributed by atoms with Crippen molar-refractivity contribution in [3.05, 3.63) is 125 Å². The van der Waals surface area contributed by atoms with E-state index < -0.39 is 23.3 Å². The lowest BCUT2D eigenvalue weighted by Gasteiger charge is -2.45. The van der Waals surface area contributed by atoms with Crippen LogP contribution in [0.3, 0.4) is 0 Å². The molecular formula is C38H31BF4N2. The van der Waals surface area contributed by atoms with E-state index >= 15 is 0 Å². The van der Waals surface area contributed by atoms with Crippen molar-refractivity contribution in [3.63, 3.8) is 0 Å². The van der Waals surface area contributed by atoms with Crippen molar-refractivity contribution in [3.8, 4) is 0 Å². The van der Waals surface area contributed by atoms with Gasteiger partial charge in [-0.1, -0.05) is 54.7 Å². The van der Waals surface area contributed by atoms with Gasteiger partial charge in [0.05, 0.1) is 11.4 Å². The highest BCUT2D eigenvalue weighted by atomic mass is 19.1. The third-order valence-corrected chi connectivity index (χ3v) is 9.69. The fraction of sp³-hybridized carbons (Fsp3) is 0.211. The average molecular weight is 602 g/mol. The fourth-order valence-corrected chi connectivity index (χ4v) is 7.83. The number of benzene rings is 5. The second-order valence-corrected chi connectivity index (χ2v) is 12.8. The van der Waals surface area contributed by atoms with Gasteiger partial charge < -0.3 is 9.80 Å². The molecule has 0 radical (unpaired) electrons. The van der Waals surface area contributed by atoms with E-state index in [4.69, 9.17) is 0 Å². The number of halogens is 4. The van der Waals surface area contributed by atoms with Crippen LogP contribution in [0, 0.1) is 37.1 Å². The second-order valence-electron chi connectivity index (χ2n) is 12.8. The maximum absolute atomic E-state index is 14.9. The van der Waals surface area contributed by atoms with Gasteiger partial charge >= 0.3 is 0 Å². The summed E-state index contributed by atoms with van der Waals surface area (Å²) in [6, 6.07) is 24.1. The summed E-state index contributed by atoms with van der Waals surface area (Å²) in [6.07, 6.45) is 5.52. The van der Waals surface area contributed by atoms with Crippen molar-refractivity contribution in [2.45, 2.75) is 51.9 Å². The Morgan fingerprint density at radius 2 is 0.978 bits per heavy atom. The van der Waals surface area contributed by atoms with Crippen molar-refractivity contribution < 1.29 is 17.6 Å². The molecule has 0 N–H and O–H groups in total. The first-order valence-electron chi connectivity index (χ1n) is 15.7. The van der Waals surface area contributed by atoms with Gasteiger partial charge in [-0.05, 0) is 103 Å². The summed E-state index contributed by atoms with van der Waals surface area (Å²) in [7, 11) is 0. The minimum Gasteiger partial charge on any atom is -0.311 e. The van der Waals surface area contributed by atoms with Crippen LogP contribution in [0.15, 0.2) is 84.9 Å². The summed E-state index contributed by atoms with van der Waals surface area (Å²) in [5, 5.41) is 0. The third-order valence-electron chi connectivity index (χ3n) is 9.69. The normalized spacial score (nSPS) is 15.6.